The van der Waals surface area contributed by atoms with Gasteiger partial charge in [0.1, 0.15) is 22.5 Å². The Labute approximate surface area is 168 Å². The number of nitrogens with one attached hydrogen (secondary N) is 1. The van der Waals surface area contributed by atoms with Crippen molar-refractivity contribution in [3.8, 4) is 5.75 Å². The van der Waals surface area contributed by atoms with Crippen molar-refractivity contribution in [3.05, 3.63) is 53.3 Å². The van der Waals surface area contributed by atoms with Crippen LogP contribution in [-0.4, -0.2) is 33.3 Å². The molecule has 0 bridgehead atoms. The van der Waals surface area contributed by atoms with E-state index in [1.54, 1.807) is 0 Å². The highest BCUT2D eigenvalue weighted by molar-refractivity contribution is 7.89. The molecular weight excluding hydrogens is 440 g/mol. The molecule has 156 valence electrons. The lowest BCUT2D eigenvalue weighted by Gasteiger charge is -2.18. The number of carbonyl (C=O) groups excluding carboxylic acids is 1. The van der Waals surface area contributed by atoms with Crippen molar-refractivity contribution in [2.24, 2.45) is 0 Å². The summed E-state index contributed by atoms with van der Waals surface area (Å²) >= 11 is 5.60. The number of ether oxygens (including phenoxy) is 1. The Morgan fingerprint density at radius 2 is 1.90 bits per heavy atom. The number of halogens is 5. The standard InChI is InChI=1S/C17H13ClF4N2O4S/c18-10-4-5-15(13(19)8-10)29(26,27)23-14-6-7-24(16(14)25)11-2-1-3-12(9-11)28-17(20,21)22/h1-5,8-9,14,23H,6-7H2. The monoisotopic (exact) mass is 452 g/mol. The average molecular weight is 453 g/mol. The molecule has 3 rings (SSSR count). The second-order valence-electron chi connectivity index (χ2n) is 6.07. The number of nitrogens with zero attached hydrogens (tertiary/aromatic N) is 1. The maximum Gasteiger partial charge on any atom is 0.573 e. The molecule has 1 aliphatic rings. The summed E-state index contributed by atoms with van der Waals surface area (Å²) in [6.45, 7) is 0.0462. The van der Waals surface area contributed by atoms with E-state index in [1.807, 2.05) is 0 Å². The van der Waals surface area contributed by atoms with Gasteiger partial charge in [-0.25, -0.2) is 12.8 Å². The Bertz CT molecular complexity index is 1050. The van der Waals surface area contributed by atoms with Crippen LogP contribution < -0.4 is 14.4 Å². The second kappa shape index (κ2) is 7.81. The van der Waals surface area contributed by atoms with E-state index in [0.717, 1.165) is 29.2 Å². The second-order valence-corrected chi connectivity index (χ2v) is 8.19. The molecule has 6 nitrogen and oxygen atoms in total. The molecular formula is C17H13ClF4N2O4S. The Morgan fingerprint density at radius 1 is 1.17 bits per heavy atom. The van der Waals surface area contributed by atoms with Crippen LogP contribution in [0.15, 0.2) is 47.4 Å². The number of alkyl halides is 3. The third-order valence-electron chi connectivity index (χ3n) is 4.05. The van der Waals surface area contributed by atoms with Crippen molar-refractivity contribution >= 4 is 33.2 Å². The Morgan fingerprint density at radius 3 is 2.55 bits per heavy atom. The van der Waals surface area contributed by atoms with Crippen molar-refractivity contribution in [2.75, 3.05) is 11.4 Å². The maximum absolute atomic E-state index is 13.9. The van der Waals surface area contributed by atoms with E-state index < -0.39 is 44.8 Å². The quantitative estimate of drug-likeness (QED) is 0.705. The van der Waals surface area contributed by atoms with Crippen LogP contribution in [0, 0.1) is 5.82 Å². The fourth-order valence-corrected chi connectivity index (χ4v) is 4.28. The third-order valence-corrected chi connectivity index (χ3v) is 5.79. The first-order valence-corrected chi connectivity index (χ1v) is 9.97. The fourth-order valence-electron chi connectivity index (χ4n) is 2.84. The van der Waals surface area contributed by atoms with Crippen LogP contribution in [0.5, 0.6) is 5.75 Å². The van der Waals surface area contributed by atoms with Gasteiger partial charge in [-0.15, -0.1) is 13.2 Å². The molecule has 1 fully saturated rings. The summed E-state index contributed by atoms with van der Waals surface area (Å²) in [6.07, 6.45) is -4.86. The molecule has 0 aromatic heterocycles. The number of anilines is 1. The minimum atomic E-state index is -4.89. The molecule has 1 unspecified atom stereocenters. The summed E-state index contributed by atoms with van der Waals surface area (Å²) in [6, 6.07) is 6.51. The van der Waals surface area contributed by atoms with Crippen LogP contribution in [0.25, 0.3) is 0 Å². The van der Waals surface area contributed by atoms with Crippen LogP contribution in [0.2, 0.25) is 5.02 Å². The highest BCUT2D eigenvalue weighted by Gasteiger charge is 2.37. The summed E-state index contributed by atoms with van der Waals surface area (Å²) in [7, 11) is -4.37. The lowest BCUT2D eigenvalue weighted by atomic mass is 10.2. The molecule has 1 atom stereocenters. The molecule has 29 heavy (non-hydrogen) atoms. The summed E-state index contributed by atoms with van der Waals surface area (Å²) in [5.74, 6) is -2.29. The SMILES string of the molecule is O=C1C(NS(=O)(=O)c2ccc(Cl)cc2F)CCN1c1cccc(OC(F)(F)F)c1. The Balaban J connectivity index is 1.77. The van der Waals surface area contributed by atoms with E-state index in [4.69, 9.17) is 11.6 Å². The van der Waals surface area contributed by atoms with E-state index in [1.165, 1.54) is 18.2 Å². The van der Waals surface area contributed by atoms with Crippen molar-refractivity contribution in [1.29, 1.82) is 0 Å². The number of amides is 1. The molecule has 1 aliphatic heterocycles. The van der Waals surface area contributed by atoms with E-state index in [2.05, 4.69) is 9.46 Å². The zero-order valence-electron chi connectivity index (χ0n) is 14.4. The van der Waals surface area contributed by atoms with Gasteiger partial charge in [0.2, 0.25) is 15.9 Å². The first-order valence-electron chi connectivity index (χ1n) is 8.11. The number of benzene rings is 2. The first-order chi connectivity index (χ1) is 13.5. The van der Waals surface area contributed by atoms with Gasteiger partial charge in [-0.3, -0.25) is 4.79 Å². The molecule has 0 spiro atoms. The first kappa shape index (κ1) is 21.3. The van der Waals surface area contributed by atoms with Gasteiger partial charge in [0.05, 0.1) is 0 Å². The van der Waals surface area contributed by atoms with Gasteiger partial charge >= 0.3 is 6.36 Å². The van der Waals surface area contributed by atoms with Gasteiger partial charge in [0, 0.05) is 23.3 Å². The van der Waals surface area contributed by atoms with Crippen LogP contribution in [0.4, 0.5) is 23.2 Å². The van der Waals surface area contributed by atoms with Gasteiger partial charge in [-0.2, -0.15) is 4.72 Å². The number of hydrogen-bond acceptors (Lipinski definition) is 4. The fraction of sp³-hybridized carbons (Fsp3) is 0.235. The van der Waals surface area contributed by atoms with Gasteiger partial charge in [-0.1, -0.05) is 17.7 Å². The minimum Gasteiger partial charge on any atom is -0.406 e. The molecule has 2 aromatic rings. The molecule has 1 saturated heterocycles. The van der Waals surface area contributed by atoms with Gasteiger partial charge < -0.3 is 9.64 Å². The summed E-state index contributed by atoms with van der Waals surface area (Å²) in [4.78, 5) is 13.0. The van der Waals surface area contributed by atoms with Gasteiger partial charge in [0.15, 0.2) is 0 Å². The molecule has 2 aromatic carbocycles. The van der Waals surface area contributed by atoms with Crippen LogP contribution in [0.1, 0.15) is 6.42 Å². The number of hydrogen-bond donors (Lipinski definition) is 1. The molecule has 0 saturated carbocycles. The molecule has 0 aliphatic carbocycles. The van der Waals surface area contributed by atoms with E-state index in [0.29, 0.717) is 0 Å². The van der Waals surface area contributed by atoms with Crippen molar-refractivity contribution in [3.63, 3.8) is 0 Å². The highest BCUT2D eigenvalue weighted by Crippen LogP contribution is 2.29. The summed E-state index contributed by atoms with van der Waals surface area (Å²) in [5, 5.41) is 0.00512. The smallest absolute Gasteiger partial charge is 0.406 e. The molecule has 1 heterocycles. The average Bonchev–Trinajstić information content (AvgIpc) is 2.93. The van der Waals surface area contributed by atoms with Crippen LogP contribution >= 0.6 is 11.6 Å². The van der Waals surface area contributed by atoms with Crippen LogP contribution in [0.3, 0.4) is 0 Å². The predicted molar refractivity (Wildman–Crippen MR) is 95.6 cm³/mol. The molecule has 0 radical (unpaired) electrons. The highest BCUT2D eigenvalue weighted by atomic mass is 35.5. The molecule has 1 N–H and O–H groups in total. The summed E-state index contributed by atoms with van der Waals surface area (Å²) in [5.41, 5.74) is 0.108. The Kier molecular flexibility index (Phi) is 5.74. The molecule has 12 heteroatoms. The van der Waals surface area contributed by atoms with Crippen molar-refractivity contribution in [1.82, 2.24) is 4.72 Å². The number of rotatable bonds is 5. The van der Waals surface area contributed by atoms with E-state index in [-0.39, 0.29) is 23.7 Å². The van der Waals surface area contributed by atoms with E-state index >= 15 is 0 Å². The zero-order chi connectivity index (χ0) is 21.4. The largest absolute Gasteiger partial charge is 0.573 e. The van der Waals surface area contributed by atoms with E-state index in [9.17, 15) is 30.8 Å². The summed E-state index contributed by atoms with van der Waals surface area (Å²) < 4.78 is 81.8. The number of carbonyl (C=O) groups is 1. The van der Waals surface area contributed by atoms with Crippen molar-refractivity contribution in [2.45, 2.75) is 23.7 Å². The van der Waals surface area contributed by atoms with Gasteiger partial charge in [-0.05, 0) is 36.8 Å². The predicted octanol–water partition coefficient (Wildman–Crippen LogP) is 3.46. The topological polar surface area (TPSA) is 75.7 Å². The lowest BCUT2D eigenvalue weighted by molar-refractivity contribution is -0.274. The van der Waals surface area contributed by atoms with Gasteiger partial charge in [0.25, 0.3) is 0 Å². The minimum absolute atomic E-state index is 0.00512. The molecule has 1 amide bonds. The lowest BCUT2D eigenvalue weighted by Crippen LogP contribution is -2.41. The zero-order valence-corrected chi connectivity index (χ0v) is 16.0. The number of sulfonamides is 1. The normalized spacial score (nSPS) is 17.6. The van der Waals surface area contributed by atoms with Crippen molar-refractivity contribution < 1.29 is 35.5 Å². The van der Waals surface area contributed by atoms with Crippen LogP contribution in [-0.2, 0) is 14.8 Å². The Hall–Kier alpha value is -2.37. The maximum atomic E-state index is 13.9. The third kappa shape index (κ3) is 4.98.